The first-order valence-electron chi connectivity index (χ1n) is 10.3. The van der Waals surface area contributed by atoms with Gasteiger partial charge in [-0.25, -0.2) is 0 Å². The average molecular weight is 409 g/mol. The number of aliphatic imine (C=N–C) groups is 1. The van der Waals surface area contributed by atoms with Gasteiger partial charge in [0.05, 0.1) is 12.1 Å². The monoisotopic (exact) mass is 408 g/mol. The van der Waals surface area contributed by atoms with Gasteiger partial charge in [0.2, 0.25) is 0 Å². The number of guanidine groups is 1. The second-order valence-electron chi connectivity index (χ2n) is 7.56. The predicted octanol–water partition coefficient (Wildman–Crippen LogP) is 2.62. The van der Waals surface area contributed by atoms with Crippen LogP contribution in [0.15, 0.2) is 29.3 Å². The summed E-state index contributed by atoms with van der Waals surface area (Å²) >= 11 is 6.12. The van der Waals surface area contributed by atoms with Crippen molar-refractivity contribution in [2.75, 3.05) is 59.6 Å². The fourth-order valence-electron chi connectivity index (χ4n) is 3.83. The molecule has 2 aliphatic rings. The summed E-state index contributed by atoms with van der Waals surface area (Å²) in [6.45, 7) is 10.1. The van der Waals surface area contributed by atoms with Gasteiger partial charge in [0.15, 0.2) is 5.96 Å². The SMILES string of the molecule is CCNC(=NCC1(OC)CCOCC1)N1CCN(Cc2cccc(Cl)c2)CC1. The summed E-state index contributed by atoms with van der Waals surface area (Å²) in [6.07, 6.45) is 1.81. The van der Waals surface area contributed by atoms with Crippen molar-refractivity contribution in [1.82, 2.24) is 15.1 Å². The summed E-state index contributed by atoms with van der Waals surface area (Å²) in [7, 11) is 1.79. The maximum absolute atomic E-state index is 6.12. The predicted molar refractivity (Wildman–Crippen MR) is 114 cm³/mol. The van der Waals surface area contributed by atoms with Gasteiger partial charge in [-0.15, -0.1) is 0 Å². The third-order valence-corrected chi connectivity index (χ3v) is 5.89. The number of nitrogens with zero attached hydrogens (tertiary/aromatic N) is 3. The van der Waals surface area contributed by atoms with Gasteiger partial charge in [-0.05, 0) is 24.6 Å². The maximum atomic E-state index is 6.12. The minimum absolute atomic E-state index is 0.187. The van der Waals surface area contributed by atoms with Gasteiger partial charge < -0.3 is 19.7 Å². The normalized spacial score (nSPS) is 21.0. The quantitative estimate of drug-likeness (QED) is 0.579. The zero-order valence-corrected chi connectivity index (χ0v) is 17.9. The summed E-state index contributed by atoms with van der Waals surface area (Å²) in [5.74, 6) is 0.993. The third-order valence-electron chi connectivity index (χ3n) is 5.66. The highest BCUT2D eigenvalue weighted by molar-refractivity contribution is 6.30. The van der Waals surface area contributed by atoms with Gasteiger partial charge >= 0.3 is 0 Å². The van der Waals surface area contributed by atoms with Crippen LogP contribution in [0, 0.1) is 0 Å². The Labute approximate surface area is 173 Å². The number of hydrogen-bond acceptors (Lipinski definition) is 4. The first-order valence-corrected chi connectivity index (χ1v) is 10.6. The van der Waals surface area contributed by atoms with E-state index < -0.39 is 0 Å². The molecular weight excluding hydrogens is 376 g/mol. The van der Waals surface area contributed by atoms with Crippen LogP contribution in [0.1, 0.15) is 25.3 Å². The van der Waals surface area contributed by atoms with Crippen LogP contribution in [0.3, 0.4) is 0 Å². The van der Waals surface area contributed by atoms with Gasteiger partial charge in [-0.1, -0.05) is 23.7 Å². The van der Waals surface area contributed by atoms with Gasteiger partial charge in [0.25, 0.3) is 0 Å². The van der Waals surface area contributed by atoms with E-state index in [1.807, 2.05) is 12.1 Å². The Bertz CT molecular complexity index is 641. The molecule has 0 bridgehead atoms. The lowest BCUT2D eigenvalue weighted by molar-refractivity contribution is -0.0829. The Balaban J connectivity index is 1.56. The van der Waals surface area contributed by atoms with E-state index in [9.17, 15) is 0 Å². The van der Waals surface area contributed by atoms with Crippen molar-refractivity contribution < 1.29 is 9.47 Å². The molecule has 156 valence electrons. The molecule has 2 heterocycles. The highest BCUT2D eigenvalue weighted by atomic mass is 35.5. The molecule has 2 aliphatic heterocycles. The molecule has 0 amide bonds. The standard InChI is InChI=1S/C21H33ClN4O2/c1-3-23-20(24-17-21(27-2)7-13-28-14-8-21)26-11-9-25(10-12-26)16-18-5-4-6-19(22)15-18/h4-6,15H,3,7-14,16-17H2,1-2H3,(H,23,24). The van der Waals surface area contributed by atoms with Crippen molar-refractivity contribution in [2.45, 2.75) is 31.9 Å². The molecule has 7 heteroatoms. The Kier molecular flexibility index (Phi) is 7.97. The zero-order chi connectivity index (χ0) is 19.8. The molecule has 0 atom stereocenters. The number of benzene rings is 1. The number of hydrogen-bond donors (Lipinski definition) is 1. The van der Waals surface area contributed by atoms with E-state index in [1.165, 1.54) is 5.56 Å². The number of ether oxygens (including phenoxy) is 2. The first kappa shape index (κ1) is 21.4. The van der Waals surface area contributed by atoms with E-state index in [2.05, 4.69) is 34.2 Å². The number of nitrogens with one attached hydrogen (secondary N) is 1. The highest BCUT2D eigenvalue weighted by Gasteiger charge is 2.32. The average Bonchev–Trinajstić information content (AvgIpc) is 2.72. The van der Waals surface area contributed by atoms with Gasteiger partial charge in [0, 0.05) is 77.5 Å². The molecule has 1 aromatic rings. The lowest BCUT2D eigenvalue weighted by Crippen LogP contribution is -2.52. The summed E-state index contributed by atoms with van der Waals surface area (Å²) < 4.78 is 11.3. The zero-order valence-electron chi connectivity index (χ0n) is 17.1. The Morgan fingerprint density at radius 3 is 2.64 bits per heavy atom. The van der Waals surface area contributed by atoms with Crippen LogP contribution in [-0.2, 0) is 16.0 Å². The van der Waals surface area contributed by atoms with E-state index >= 15 is 0 Å². The van der Waals surface area contributed by atoms with Gasteiger partial charge in [-0.3, -0.25) is 9.89 Å². The van der Waals surface area contributed by atoms with Crippen molar-refractivity contribution in [3.63, 3.8) is 0 Å². The summed E-state index contributed by atoms with van der Waals surface area (Å²) in [4.78, 5) is 9.77. The van der Waals surface area contributed by atoms with E-state index in [-0.39, 0.29) is 5.60 Å². The third kappa shape index (κ3) is 5.83. The number of methoxy groups -OCH3 is 1. The Morgan fingerprint density at radius 2 is 2.00 bits per heavy atom. The van der Waals surface area contributed by atoms with E-state index in [0.717, 1.165) is 76.3 Å². The lowest BCUT2D eigenvalue weighted by atomic mass is 9.94. The molecule has 28 heavy (non-hydrogen) atoms. The molecule has 0 aliphatic carbocycles. The molecule has 0 spiro atoms. The van der Waals surface area contributed by atoms with Crippen molar-refractivity contribution in [3.05, 3.63) is 34.9 Å². The molecular formula is C21H33ClN4O2. The van der Waals surface area contributed by atoms with Gasteiger partial charge in [-0.2, -0.15) is 0 Å². The second kappa shape index (κ2) is 10.4. The minimum Gasteiger partial charge on any atom is -0.381 e. The first-order chi connectivity index (χ1) is 13.6. The molecule has 0 unspecified atom stereocenters. The van der Waals surface area contributed by atoms with Crippen LogP contribution in [0.5, 0.6) is 0 Å². The van der Waals surface area contributed by atoms with Crippen LogP contribution in [0.4, 0.5) is 0 Å². The van der Waals surface area contributed by atoms with Crippen molar-refractivity contribution in [1.29, 1.82) is 0 Å². The number of piperazine rings is 1. The highest BCUT2D eigenvalue weighted by Crippen LogP contribution is 2.25. The van der Waals surface area contributed by atoms with Crippen molar-refractivity contribution in [2.24, 2.45) is 4.99 Å². The van der Waals surface area contributed by atoms with E-state index in [0.29, 0.717) is 6.54 Å². The fourth-order valence-corrected chi connectivity index (χ4v) is 4.04. The van der Waals surface area contributed by atoms with Crippen LogP contribution >= 0.6 is 11.6 Å². The number of rotatable bonds is 6. The van der Waals surface area contributed by atoms with Gasteiger partial charge in [0.1, 0.15) is 0 Å². The van der Waals surface area contributed by atoms with Crippen LogP contribution in [0.2, 0.25) is 5.02 Å². The molecule has 0 aromatic heterocycles. The van der Waals surface area contributed by atoms with E-state index in [1.54, 1.807) is 7.11 Å². The van der Waals surface area contributed by atoms with Crippen molar-refractivity contribution in [3.8, 4) is 0 Å². The molecule has 2 fully saturated rings. The van der Waals surface area contributed by atoms with Crippen LogP contribution < -0.4 is 5.32 Å². The number of halogens is 1. The Morgan fingerprint density at radius 1 is 1.25 bits per heavy atom. The summed E-state index contributed by atoms with van der Waals surface area (Å²) in [6, 6.07) is 8.14. The molecule has 1 aromatic carbocycles. The Hall–Kier alpha value is -1.34. The smallest absolute Gasteiger partial charge is 0.194 e. The van der Waals surface area contributed by atoms with Crippen LogP contribution in [-0.4, -0.2) is 81.0 Å². The largest absolute Gasteiger partial charge is 0.381 e. The lowest BCUT2D eigenvalue weighted by Gasteiger charge is -2.38. The maximum Gasteiger partial charge on any atom is 0.194 e. The summed E-state index contributed by atoms with van der Waals surface area (Å²) in [5, 5.41) is 4.26. The van der Waals surface area contributed by atoms with E-state index in [4.69, 9.17) is 26.1 Å². The second-order valence-corrected chi connectivity index (χ2v) is 8.00. The molecule has 6 nitrogen and oxygen atoms in total. The van der Waals surface area contributed by atoms with Crippen molar-refractivity contribution >= 4 is 17.6 Å². The molecule has 2 saturated heterocycles. The minimum atomic E-state index is -0.187. The summed E-state index contributed by atoms with van der Waals surface area (Å²) in [5.41, 5.74) is 1.08. The molecule has 0 saturated carbocycles. The fraction of sp³-hybridized carbons (Fsp3) is 0.667. The topological polar surface area (TPSA) is 49.3 Å². The molecule has 1 N–H and O–H groups in total. The van der Waals surface area contributed by atoms with Crippen LogP contribution in [0.25, 0.3) is 0 Å². The molecule has 0 radical (unpaired) electrons. The molecule has 3 rings (SSSR count).